The van der Waals surface area contributed by atoms with Crippen molar-refractivity contribution in [1.29, 1.82) is 0 Å². The Morgan fingerprint density at radius 3 is 2.56 bits per heavy atom. The molecule has 0 saturated carbocycles. The number of aliphatic hydroxyl groups is 1. The van der Waals surface area contributed by atoms with Crippen LogP contribution in [0.15, 0.2) is 23.8 Å². The quantitative estimate of drug-likeness (QED) is 0.572. The van der Waals surface area contributed by atoms with Crippen molar-refractivity contribution in [2.75, 3.05) is 6.61 Å². The van der Waals surface area contributed by atoms with Crippen LogP contribution in [-0.4, -0.2) is 11.7 Å². The Bertz CT molecular complexity index is 112. The van der Waals surface area contributed by atoms with Crippen LogP contribution < -0.4 is 0 Å². The van der Waals surface area contributed by atoms with Gasteiger partial charge in [-0.05, 0) is 13.3 Å². The Morgan fingerprint density at radius 1 is 1.56 bits per heavy atom. The molecule has 0 radical (unpaired) electrons. The molecule has 0 aromatic heterocycles. The first-order chi connectivity index (χ1) is 4.35. The Balaban J connectivity index is 3.70. The summed E-state index contributed by atoms with van der Waals surface area (Å²) in [7, 11) is 0. The molecular weight excluding hydrogens is 112 g/mol. The third-order valence-corrected chi connectivity index (χ3v) is 1.22. The molecule has 0 unspecified atom stereocenters. The van der Waals surface area contributed by atoms with Gasteiger partial charge >= 0.3 is 0 Å². The van der Waals surface area contributed by atoms with Gasteiger partial charge in [-0.2, -0.15) is 0 Å². The van der Waals surface area contributed by atoms with Crippen molar-refractivity contribution in [3.63, 3.8) is 0 Å². The van der Waals surface area contributed by atoms with Gasteiger partial charge in [0, 0.05) is 0 Å². The third kappa shape index (κ3) is 3.98. The normalized spacial score (nSPS) is 13.0. The van der Waals surface area contributed by atoms with Gasteiger partial charge in [0.05, 0.1) is 6.61 Å². The topological polar surface area (TPSA) is 20.2 Å². The molecule has 0 aromatic rings. The second-order valence-electron chi connectivity index (χ2n) is 1.80. The lowest BCUT2D eigenvalue weighted by Crippen LogP contribution is -1.75. The van der Waals surface area contributed by atoms with Gasteiger partial charge in [-0.3, -0.25) is 0 Å². The SMILES string of the molecule is C/C=C(\C=C/CO)CC. The first-order valence-corrected chi connectivity index (χ1v) is 3.27. The van der Waals surface area contributed by atoms with E-state index in [1.54, 1.807) is 6.08 Å². The molecule has 0 heterocycles. The Morgan fingerprint density at radius 2 is 2.22 bits per heavy atom. The summed E-state index contributed by atoms with van der Waals surface area (Å²) in [6.45, 7) is 4.23. The third-order valence-electron chi connectivity index (χ3n) is 1.22. The number of rotatable bonds is 3. The van der Waals surface area contributed by atoms with Gasteiger partial charge in [0.15, 0.2) is 0 Å². The molecule has 52 valence electrons. The van der Waals surface area contributed by atoms with Crippen molar-refractivity contribution in [2.45, 2.75) is 20.3 Å². The number of allylic oxidation sites excluding steroid dienone is 3. The van der Waals surface area contributed by atoms with Crippen LogP contribution >= 0.6 is 0 Å². The predicted molar refractivity (Wildman–Crippen MR) is 40.3 cm³/mol. The minimum Gasteiger partial charge on any atom is -0.392 e. The van der Waals surface area contributed by atoms with Crippen LogP contribution in [0.4, 0.5) is 0 Å². The summed E-state index contributed by atoms with van der Waals surface area (Å²) in [5, 5.41) is 8.39. The molecule has 0 fully saturated rings. The molecule has 0 aliphatic heterocycles. The second-order valence-corrected chi connectivity index (χ2v) is 1.80. The zero-order valence-corrected chi connectivity index (χ0v) is 6.09. The van der Waals surface area contributed by atoms with Gasteiger partial charge in [0.2, 0.25) is 0 Å². The van der Waals surface area contributed by atoms with Crippen LogP contribution in [0, 0.1) is 0 Å². The van der Waals surface area contributed by atoms with Crippen molar-refractivity contribution >= 4 is 0 Å². The molecule has 9 heavy (non-hydrogen) atoms. The van der Waals surface area contributed by atoms with Gasteiger partial charge in [0.25, 0.3) is 0 Å². The standard InChI is InChI=1S/C8H14O/c1-3-8(4-2)6-5-7-9/h3,5-6,9H,4,7H2,1-2H3/b6-5-,8-3-. The van der Waals surface area contributed by atoms with Gasteiger partial charge in [0.1, 0.15) is 0 Å². The van der Waals surface area contributed by atoms with Crippen LogP contribution in [0.5, 0.6) is 0 Å². The average Bonchev–Trinajstić information content (AvgIpc) is 1.91. The zero-order valence-electron chi connectivity index (χ0n) is 6.09. The minimum absolute atomic E-state index is 0.136. The van der Waals surface area contributed by atoms with Crippen LogP contribution in [0.25, 0.3) is 0 Å². The highest BCUT2D eigenvalue weighted by Gasteiger charge is 1.81. The van der Waals surface area contributed by atoms with Crippen molar-refractivity contribution in [3.8, 4) is 0 Å². The summed E-state index contributed by atoms with van der Waals surface area (Å²) in [5.41, 5.74) is 1.27. The van der Waals surface area contributed by atoms with E-state index in [2.05, 4.69) is 6.92 Å². The van der Waals surface area contributed by atoms with E-state index in [-0.39, 0.29) is 6.61 Å². The molecule has 0 aliphatic rings. The van der Waals surface area contributed by atoms with Crippen molar-refractivity contribution in [1.82, 2.24) is 0 Å². The van der Waals surface area contributed by atoms with E-state index in [9.17, 15) is 0 Å². The van der Waals surface area contributed by atoms with Gasteiger partial charge < -0.3 is 5.11 Å². The molecule has 1 N–H and O–H groups in total. The van der Waals surface area contributed by atoms with E-state index < -0.39 is 0 Å². The van der Waals surface area contributed by atoms with Crippen LogP contribution in [0.1, 0.15) is 20.3 Å². The molecule has 0 amide bonds. The molecule has 1 nitrogen and oxygen atoms in total. The molecule has 0 bridgehead atoms. The van der Waals surface area contributed by atoms with Crippen LogP contribution in [-0.2, 0) is 0 Å². The fraction of sp³-hybridized carbons (Fsp3) is 0.500. The summed E-state index contributed by atoms with van der Waals surface area (Å²) in [4.78, 5) is 0. The lowest BCUT2D eigenvalue weighted by molar-refractivity contribution is 0.342. The van der Waals surface area contributed by atoms with Gasteiger partial charge in [-0.1, -0.05) is 30.7 Å². The monoisotopic (exact) mass is 126 g/mol. The molecule has 0 atom stereocenters. The maximum Gasteiger partial charge on any atom is 0.0615 e. The van der Waals surface area contributed by atoms with Crippen LogP contribution in [0.2, 0.25) is 0 Å². The summed E-state index contributed by atoms with van der Waals surface area (Å²) >= 11 is 0. The highest BCUT2D eigenvalue weighted by atomic mass is 16.2. The number of aliphatic hydroxyl groups excluding tert-OH is 1. The maximum atomic E-state index is 8.39. The molecule has 0 saturated heterocycles. The maximum absolute atomic E-state index is 8.39. The molecule has 1 heteroatoms. The minimum atomic E-state index is 0.136. The second kappa shape index (κ2) is 5.57. The summed E-state index contributed by atoms with van der Waals surface area (Å²) in [6, 6.07) is 0. The number of hydrogen-bond donors (Lipinski definition) is 1. The Kier molecular flexibility index (Phi) is 5.23. The molecule has 0 aliphatic carbocycles. The van der Waals surface area contributed by atoms with Gasteiger partial charge in [-0.15, -0.1) is 0 Å². The van der Waals surface area contributed by atoms with Crippen molar-refractivity contribution in [3.05, 3.63) is 23.8 Å². The van der Waals surface area contributed by atoms with Crippen molar-refractivity contribution < 1.29 is 5.11 Å². The van der Waals surface area contributed by atoms with E-state index in [1.807, 2.05) is 19.1 Å². The Labute approximate surface area is 56.7 Å². The lowest BCUT2D eigenvalue weighted by atomic mass is 10.2. The van der Waals surface area contributed by atoms with E-state index in [0.29, 0.717) is 0 Å². The molecule has 0 aromatic carbocycles. The van der Waals surface area contributed by atoms with Crippen LogP contribution in [0.3, 0.4) is 0 Å². The first-order valence-electron chi connectivity index (χ1n) is 3.27. The fourth-order valence-electron chi connectivity index (χ4n) is 0.622. The van der Waals surface area contributed by atoms with E-state index >= 15 is 0 Å². The fourth-order valence-corrected chi connectivity index (χ4v) is 0.622. The lowest BCUT2D eigenvalue weighted by Gasteiger charge is -1.91. The smallest absolute Gasteiger partial charge is 0.0615 e. The van der Waals surface area contributed by atoms with E-state index in [0.717, 1.165) is 6.42 Å². The van der Waals surface area contributed by atoms with Crippen molar-refractivity contribution in [2.24, 2.45) is 0 Å². The Hall–Kier alpha value is -0.560. The molecule has 0 spiro atoms. The number of hydrogen-bond acceptors (Lipinski definition) is 1. The van der Waals surface area contributed by atoms with Gasteiger partial charge in [-0.25, -0.2) is 0 Å². The summed E-state index contributed by atoms with van der Waals surface area (Å²) < 4.78 is 0. The largest absolute Gasteiger partial charge is 0.392 e. The van der Waals surface area contributed by atoms with E-state index in [1.165, 1.54) is 5.57 Å². The molecular formula is C8H14O. The summed E-state index contributed by atoms with van der Waals surface area (Å²) in [5.74, 6) is 0. The predicted octanol–water partition coefficient (Wildman–Crippen LogP) is 1.89. The van der Waals surface area contributed by atoms with E-state index in [4.69, 9.17) is 5.11 Å². The molecule has 0 rings (SSSR count). The summed E-state index contributed by atoms with van der Waals surface area (Å²) in [6.07, 6.45) is 6.78. The first kappa shape index (κ1) is 8.44. The highest BCUT2D eigenvalue weighted by Crippen LogP contribution is 2.00. The zero-order chi connectivity index (χ0) is 7.11. The highest BCUT2D eigenvalue weighted by molar-refractivity contribution is 5.16. The average molecular weight is 126 g/mol.